The molecule has 0 atom stereocenters. The van der Waals surface area contributed by atoms with Crippen LogP contribution in [0.5, 0.6) is 11.5 Å². The van der Waals surface area contributed by atoms with Gasteiger partial charge in [0, 0.05) is 16.9 Å². The number of nitrogens with one attached hydrogen (secondary N) is 3. The van der Waals surface area contributed by atoms with Gasteiger partial charge in [0.25, 0.3) is 5.91 Å². The van der Waals surface area contributed by atoms with Gasteiger partial charge in [-0.1, -0.05) is 46.4 Å². The molecule has 4 aromatic rings. The molecule has 0 heterocycles. The summed E-state index contributed by atoms with van der Waals surface area (Å²) in [5, 5.41) is 1.26. The molecular formula is C35H27Cl4F6N3O10S2. The second kappa shape index (κ2) is 18.9. The first-order valence-electron chi connectivity index (χ1n) is 16.2. The fraction of sp³-hybridized carbons (Fsp3) is 0.229. The molecule has 0 aliphatic heterocycles. The van der Waals surface area contributed by atoms with E-state index in [0.29, 0.717) is 18.2 Å². The quantitative estimate of drug-likeness (QED) is 0.0596. The van der Waals surface area contributed by atoms with Crippen LogP contribution in [0.4, 0.5) is 37.7 Å². The van der Waals surface area contributed by atoms with Gasteiger partial charge in [-0.15, -0.1) is 0 Å². The van der Waals surface area contributed by atoms with E-state index in [0.717, 1.165) is 42.8 Å². The molecule has 4 rings (SSSR count). The Morgan fingerprint density at radius 3 is 1.37 bits per heavy atom. The number of hydrogen-bond donors (Lipinski definition) is 3. The van der Waals surface area contributed by atoms with Gasteiger partial charge in [0.15, 0.2) is 11.5 Å². The van der Waals surface area contributed by atoms with Crippen LogP contribution in [0.25, 0.3) is 0 Å². The predicted molar refractivity (Wildman–Crippen MR) is 209 cm³/mol. The Balaban J connectivity index is 1.33. The van der Waals surface area contributed by atoms with E-state index < -0.39 is 87.6 Å². The number of carbonyl (C=O) groups is 3. The summed E-state index contributed by atoms with van der Waals surface area (Å²) in [6.45, 7) is -1.94. The maximum atomic E-state index is 13.4. The highest BCUT2D eigenvalue weighted by atomic mass is 35.5. The zero-order chi connectivity index (χ0) is 45.0. The van der Waals surface area contributed by atoms with Crippen molar-refractivity contribution in [3.63, 3.8) is 0 Å². The van der Waals surface area contributed by atoms with Crippen molar-refractivity contribution in [2.45, 2.75) is 32.0 Å². The minimum absolute atomic E-state index is 0.103. The molecular weight excluding hydrogens is 942 g/mol. The summed E-state index contributed by atoms with van der Waals surface area (Å²) in [5.74, 6) is -3.69. The van der Waals surface area contributed by atoms with Crippen LogP contribution in [0.3, 0.4) is 0 Å². The van der Waals surface area contributed by atoms with Gasteiger partial charge in [0.05, 0.1) is 50.1 Å². The van der Waals surface area contributed by atoms with Gasteiger partial charge in [-0.05, 0) is 77.4 Å². The second-order valence-electron chi connectivity index (χ2n) is 12.5. The topological polar surface area (TPSA) is 183 Å². The molecule has 324 valence electrons. The zero-order valence-electron chi connectivity index (χ0n) is 30.3. The Morgan fingerprint density at radius 2 is 0.983 bits per heavy atom. The second-order valence-corrected chi connectivity index (χ2v) is 17.6. The molecule has 4 aromatic carbocycles. The van der Waals surface area contributed by atoms with Crippen LogP contribution >= 0.6 is 46.4 Å². The van der Waals surface area contributed by atoms with E-state index in [9.17, 15) is 57.6 Å². The van der Waals surface area contributed by atoms with E-state index in [2.05, 4.69) is 5.32 Å². The first-order valence-corrected chi connectivity index (χ1v) is 21.5. The van der Waals surface area contributed by atoms with Crippen molar-refractivity contribution in [3.05, 3.63) is 114 Å². The first-order chi connectivity index (χ1) is 27.6. The van der Waals surface area contributed by atoms with Gasteiger partial charge in [-0.25, -0.2) is 21.6 Å². The summed E-state index contributed by atoms with van der Waals surface area (Å²) in [6, 6.07) is 9.36. The molecule has 13 nitrogen and oxygen atoms in total. The van der Waals surface area contributed by atoms with Gasteiger partial charge < -0.3 is 19.5 Å². The monoisotopic (exact) mass is 967 g/mol. The van der Waals surface area contributed by atoms with E-state index in [1.54, 1.807) is 0 Å². The number of carbonyl (C=O) groups excluding carboxylic acids is 3. The largest absolute Gasteiger partial charge is 0.486 e. The number of ether oxygens (including phenoxy) is 3. The lowest BCUT2D eigenvalue weighted by molar-refractivity contribution is -0.158. The fourth-order valence-electron chi connectivity index (χ4n) is 5.04. The number of esters is 2. The molecule has 0 aliphatic carbocycles. The number of rotatable bonds is 15. The van der Waals surface area contributed by atoms with Gasteiger partial charge >= 0.3 is 24.3 Å². The van der Waals surface area contributed by atoms with Crippen molar-refractivity contribution in [2.75, 3.05) is 28.5 Å². The molecule has 25 heteroatoms. The van der Waals surface area contributed by atoms with Crippen LogP contribution in [-0.4, -0.2) is 53.7 Å². The molecule has 0 radical (unpaired) electrons. The third-order valence-corrected chi connectivity index (χ3v) is 9.64. The molecule has 60 heavy (non-hydrogen) atoms. The Bertz CT molecular complexity index is 2510. The van der Waals surface area contributed by atoms with Crippen LogP contribution in [0.2, 0.25) is 20.1 Å². The fourth-order valence-corrected chi connectivity index (χ4v) is 7.37. The van der Waals surface area contributed by atoms with Gasteiger partial charge in [0.1, 0.15) is 19.8 Å². The molecule has 0 aromatic heterocycles. The van der Waals surface area contributed by atoms with Gasteiger partial charge in [0.2, 0.25) is 20.0 Å². The normalized spacial score (nSPS) is 12.1. The van der Waals surface area contributed by atoms with Crippen molar-refractivity contribution >= 4 is 95.7 Å². The van der Waals surface area contributed by atoms with Crippen molar-refractivity contribution in [3.8, 4) is 11.5 Å². The summed E-state index contributed by atoms with van der Waals surface area (Å²) in [6.07, 6.45) is -8.72. The third kappa shape index (κ3) is 14.5. The summed E-state index contributed by atoms with van der Waals surface area (Å²) < 4.78 is 147. The molecule has 0 unspecified atom stereocenters. The maximum Gasteiger partial charge on any atom is 0.416 e. The standard InChI is InChI=1S/C35H27Cl4F6N3O10S2/c1-59(52,53)47-23-5-18(3-21(12-23)34(40,41)42)15-56-31-25(36)7-17(8-26(31)37)9-29(49)58-30(50)14-46-33(51)20-10-27(38)32(28(39)11-20)57-16-19-4-22(35(43,44)45)13-24(6-19)48-60(2,54)55/h3-8,10-13,47-48H,9,14-16H2,1-2H3,(H,46,51). The third-order valence-electron chi connectivity index (χ3n) is 7.30. The Labute approximate surface area is 357 Å². The molecule has 0 saturated heterocycles. The number of hydrogen-bond acceptors (Lipinski definition) is 10. The zero-order valence-corrected chi connectivity index (χ0v) is 34.9. The van der Waals surface area contributed by atoms with Crippen molar-refractivity contribution < 1.29 is 71.8 Å². The Kier molecular flexibility index (Phi) is 15.2. The van der Waals surface area contributed by atoms with Crippen LogP contribution in [0.15, 0.2) is 60.7 Å². The maximum absolute atomic E-state index is 13.4. The average Bonchev–Trinajstić information content (AvgIpc) is 3.07. The highest BCUT2D eigenvalue weighted by molar-refractivity contribution is 7.92. The van der Waals surface area contributed by atoms with E-state index >= 15 is 0 Å². The van der Waals surface area contributed by atoms with Gasteiger partial charge in [-0.2, -0.15) is 26.3 Å². The van der Waals surface area contributed by atoms with Crippen molar-refractivity contribution in [1.82, 2.24) is 5.32 Å². The van der Waals surface area contributed by atoms with E-state index in [-0.39, 0.29) is 65.2 Å². The van der Waals surface area contributed by atoms with Crippen molar-refractivity contribution in [2.24, 2.45) is 0 Å². The number of halogens is 10. The molecule has 0 fully saturated rings. The van der Waals surface area contributed by atoms with Crippen molar-refractivity contribution in [1.29, 1.82) is 0 Å². The van der Waals surface area contributed by atoms with E-state index in [4.69, 9.17) is 60.6 Å². The lowest BCUT2D eigenvalue weighted by atomic mass is 10.1. The number of sulfonamides is 2. The van der Waals surface area contributed by atoms with Crippen LogP contribution < -0.4 is 24.2 Å². The summed E-state index contributed by atoms with van der Waals surface area (Å²) in [5.41, 5.74) is -3.40. The first kappa shape index (κ1) is 48.0. The highest BCUT2D eigenvalue weighted by Gasteiger charge is 2.33. The van der Waals surface area contributed by atoms with Crippen LogP contribution in [-0.2, 0) is 66.4 Å². The molecule has 0 saturated carbocycles. The van der Waals surface area contributed by atoms with E-state index in [1.165, 1.54) is 12.1 Å². The molecule has 1 amide bonds. The number of anilines is 2. The van der Waals surface area contributed by atoms with E-state index in [1.807, 2.05) is 9.44 Å². The number of alkyl halides is 6. The predicted octanol–water partition coefficient (Wildman–Crippen LogP) is 8.28. The SMILES string of the molecule is CS(=O)(=O)Nc1cc(COc2c(Cl)cc(CC(=O)OC(=O)CNC(=O)c3cc(Cl)c(OCc4cc(NS(C)(=O)=O)cc(C(F)(F)F)c4)c(Cl)c3)cc2Cl)cc(C(F)(F)F)c1. The average molecular weight is 970 g/mol. The van der Waals surface area contributed by atoms with Gasteiger partial charge in [-0.3, -0.25) is 19.0 Å². The molecule has 3 N–H and O–H groups in total. The number of benzene rings is 4. The number of amides is 1. The van der Waals surface area contributed by atoms with Crippen LogP contribution in [0.1, 0.15) is 38.2 Å². The lowest BCUT2D eigenvalue weighted by Gasteiger charge is -2.15. The minimum Gasteiger partial charge on any atom is -0.486 e. The molecule has 0 bridgehead atoms. The summed E-state index contributed by atoms with van der Waals surface area (Å²) in [7, 11) is -7.85. The summed E-state index contributed by atoms with van der Waals surface area (Å²) in [4.78, 5) is 37.6. The Morgan fingerprint density at radius 1 is 0.583 bits per heavy atom. The lowest BCUT2D eigenvalue weighted by Crippen LogP contribution is -2.32. The summed E-state index contributed by atoms with van der Waals surface area (Å²) >= 11 is 24.9. The Hall–Kier alpha value is -4.67. The molecule has 0 aliphatic rings. The molecule has 0 spiro atoms. The van der Waals surface area contributed by atoms with Crippen LogP contribution in [0, 0.1) is 0 Å². The smallest absolute Gasteiger partial charge is 0.416 e. The minimum atomic E-state index is -4.83. The highest BCUT2D eigenvalue weighted by Crippen LogP contribution is 2.38.